The molecule has 0 spiro atoms. The molecule has 14 heavy (non-hydrogen) atoms. The molecule has 2 aliphatic heterocycles. The molecule has 0 atom stereocenters. The predicted molar refractivity (Wildman–Crippen MR) is 60.0 cm³/mol. The van der Waals surface area contributed by atoms with Crippen molar-refractivity contribution in [2.45, 2.75) is 12.8 Å². The van der Waals surface area contributed by atoms with E-state index in [9.17, 15) is 0 Å². The van der Waals surface area contributed by atoms with Gasteiger partial charge in [-0.25, -0.2) is 4.99 Å². The third-order valence-corrected chi connectivity index (χ3v) is 2.06. The molecule has 0 aliphatic carbocycles. The average Bonchev–Trinajstić information content (AvgIpc) is 2.85. The molecule has 0 N–H and O–H groups in total. The van der Waals surface area contributed by atoms with Crippen LogP contribution in [0.4, 0.5) is 0 Å². The molecule has 0 bridgehead atoms. The lowest BCUT2D eigenvalue weighted by Gasteiger charge is -1.96. The quantitative estimate of drug-likeness (QED) is 0.605. The highest BCUT2D eigenvalue weighted by Gasteiger charge is 2.13. The Morgan fingerprint density at radius 1 is 1.36 bits per heavy atom. The van der Waals surface area contributed by atoms with Crippen molar-refractivity contribution >= 4 is 17.6 Å². The highest BCUT2D eigenvalue weighted by Crippen LogP contribution is 2.13. The summed E-state index contributed by atoms with van der Waals surface area (Å²) in [5.74, 6) is 0. The summed E-state index contributed by atoms with van der Waals surface area (Å²) in [6, 6.07) is 0. The van der Waals surface area contributed by atoms with Crippen molar-refractivity contribution in [3.63, 3.8) is 0 Å². The number of hydrogen-bond acceptors (Lipinski definition) is 3. The summed E-state index contributed by atoms with van der Waals surface area (Å²) in [5.41, 5.74) is 3.03. The van der Waals surface area contributed by atoms with Crippen LogP contribution in [-0.2, 0) is 0 Å². The highest BCUT2D eigenvalue weighted by atomic mass is 14.9. The number of aliphatic imine (C=N–C) groups is 3. The van der Waals surface area contributed by atoms with E-state index >= 15 is 0 Å². The molecule has 0 fully saturated rings. The van der Waals surface area contributed by atoms with Crippen molar-refractivity contribution in [1.82, 2.24) is 0 Å². The van der Waals surface area contributed by atoms with Gasteiger partial charge < -0.3 is 0 Å². The third-order valence-electron chi connectivity index (χ3n) is 2.06. The van der Waals surface area contributed by atoms with Crippen LogP contribution >= 0.6 is 0 Å². The molecule has 3 nitrogen and oxygen atoms in total. The Morgan fingerprint density at radius 3 is 3.00 bits per heavy atom. The summed E-state index contributed by atoms with van der Waals surface area (Å²) < 4.78 is 0. The van der Waals surface area contributed by atoms with Gasteiger partial charge in [0.15, 0.2) is 0 Å². The monoisotopic (exact) mass is 185 g/mol. The van der Waals surface area contributed by atoms with Gasteiger partial charge in [-0.1, -0.05) is 18.7 Å². The molecule has 0 aromatic rings. The first kappa shape index (κ1) is 8.81. The zero-order chi connectivity index (χ0) is 9.80. The lowest BCUT2D eigenvalue weighted by atomic mass is 10.1. The first-order valence-electron chi connectivity index (χ1n) is 4.54. The molecule has 0 amide bonds. The summed E-state index contributed by atoms with van der Waals surface area (Å²) in [5, 5.41) is 0. The van der Waals surface area contributed by atoms with Crippen LogP contribution in [0, 0.1) is 0 Å². The van der Waals surface area contributed by atoms with E-state index in [2.05, 4.69) is 21.6 Å². The Morgan fingerprint density at radius 2 is 2.29 bits per heavy atom. The average molecular weight is 185 g/mol. The SMILES string of the molecule is C=CN=CC1=CCC(C2=NC=CC2)=N1. The van der Waals surface area contributed by atoms with Gasteiger partial charge >= 0.3 is 0 Å². The van der Waals surface area contributed by atoms with Crippen LogP contribution in [0.3, 0.4) is 0 Å². The minimum atomic E-state index is 0.860. The Labute approximate surface area is 83.0 Å². The maximum Gasteiger partial charge on any atom is 0.0780 e. The second-order valence-electron chi connectivity index (χ2n) is 3.02. The van der Waals surface area contributed by atoms with E-state index in [-0.39, 0.29) is 0 Å². The van der Waals surface area contributed by atoms with E-state index in [1.165, 1.54) is 6.20 Å². The first-order chi connectivity index (χ1) is 6.90. The van der Waals surface area contributed by atoms with Gasteiger partial charge in [-0.2, -0.15) is 0 Å². The van der Waals surface area contributed by atoms with Gasteiger partial charge in [0.2, 0.25) is 0 Å². The molecule has 3 heteroatoms. The largest absolute Gasteiger partial charge is 0.263 e. The van der Waals surface area contributed by atoms with Crippen LogP contribution in [0.25, 0.3) is 0 Å². The van der Waals surface area contributed by atoms with E-state index in [0.29, 0.717) is 0 Å². The Hall–Kier alpha value is -1.77. The summed E-state index contributed by atoms with van der Waals surface area (Å²) in [6.45, 7) is 3.51. The fraction of sp³-hybridized carbons (Fsp3) is 0.182. The summed E-state index contributed by atoms with van der Waals surface area (Å²) in [4.78, 5) is 12.6. The number of nitrogens with zero attached hydrogens (tertiary/aromatic N) is 3. The molecule has 70 valence electrons. The normalized spacial score (nSPS) is 19.9. The lowest BCUT2D eigenvalue weighted by Crippen LogP contribution is -2.08. The molecule has 0 unspecified atom stereocenters. The van der Waals surface area contributed by atoms with Gasteiger partial charge in [0.05, 0.1) is 23.3 Å². The second-order valence-corrected chi connectivity index (χ2v) is 3.02. The molecule has 0 aromatic carbocycles. The smallest absolute Gasteiger partial charge is 0.0780 e. The zero-order valence-electron chi connectivity index (χ0n) is 7.85. The summed E-state index contributed by atoms with van der Waals surface area (Å²) in [7, 11) is 0. The van der Waals surface area contributed by atoms with Crippen molar-refractivity contribution in [3.05, 3.63) is 36.8 Å². The summed E-state index contributed by atoms with van der Waals surface area (Å²) in [6.07, 6.45) is 10.9. The van der Waals surface area contributed by atoms with Crippen LogP contribution in [-0.4, -0.2) is 17.6 Å². The van der Waals surface area contributed by atoms with Gasteiger partial charge in [0, 0.05) is 25.2 Å². The summed E-state index contributed by atoms with van der Waals surface area (Å²) >= 11 is 0. The first-order valence-corrected chi connectivity index (χ1v) is 4.54. The molecule has 2 aliphatic rings. The second kappa shape index (κ2) is 3.96. The zero-order valence-corrected chi connectivity index (χ0v) is 7.85. The predicted octanol–water partition coefficient (Wildman–Crippen LogP) is 2.29. The van der Waals surface area contributed by atoms with Crippen molar-refractivity contribution in [2.75, 3.05) is 0 Å². The van der Waals surface area contributed by atoms with E-state index in [1.54, 1.807) is 6.21 Å². The van der Waals surface area contributed by atoms with E-state index in [0.717, 1.165) is 30.0 Å². The van der Waals surface area contributed by atoms with Gasteiger partial charge in [-0.3, -0.25) is 9.98 Å². The van der Waals surface area contributed by atoms with Crippen molar-refractivity contribution in [3.8, 4) is 0 Å². The lowest BCUT2D eigenvalue weighted by molar-refractivity contribution is 1.48. The highest BCUT2D eigenvalue weighted by molar-refractivity contribution is 6.44. The maximum absolute atomic E-state index is 4.42. The van der Waals surface area contributed by atoms with E-state index < -0.39 is 0 Å². The van der Waals surface area contributed by atoms with Crippen LogP contribution in [0.5, 0.6) is 0 Å². The molecular formula is C11H11N3. The fourth-order valence-electron chi connectivity index (χ4n) is 1.39. The third kappa shape index (κ3) is 1.76. The Bertz CT molecular complexity index is 395. The molecule has 0 saturated heterocycles. The minimum absolute atomic E-state index is 0.860. The van der Waals surface area contributed by atoms with E-state index in [4.69, 9.17) is 0 Å². The molecular weight excluding hydrogens is 174 g/mol. The minimum Gasteiger partial charge on any atom is -0.263 e. The number of allylic oxidation sites excluding steroid dienone is 3. The Balaban J connectivity index is 2.06. The molecule has 2 rings (SSSR count). The van der Waals surface area contributed by atoms with Crippen LogP contribution in [0.15, 0.2) is 51.8 Å². The molecule has 2 heterocycles. The fourth-order valence-corrected chi connectivity index (χ4v) is 1.39. The number of hydrogen-bond donors (Lipinski definition) is 0. The van der Waals surface area contributed by atoms with Crippen LogP contribution in [0.2, 0.25) is 0 Å². The van der Waals surface area contributed by atoms with Gasteiger partial charge in [0.25, 0.3) is 0 Å². The van der Waals surface area contributed by atoms with Crippen molar-refractivity contribution in [2.24, 2.45) is 15.0 Å². The molecule has 0 radical (unpaired) electrons. The molecule has 0 saturated carbocycles. The van der Waals surface area contributed by atoms with Crippen LogP contribution in [0.1, 0.15) is 12.8 Å². The number of rotatable bonds is 3. The molecule has 0 aromatic heterocycles. The standard InChI is InChI=1S/C11H11N3/c1-2-12-8-9-5-6-11(14-9)10-4-3-7-13-10/h2-3,5,7-8H,1,4,6H2. The van der Waals surface area contributed by atoms with Crippen LogP contribution < -0.4 is 0 Å². The van der Waals surface area contributed by atoms with Gasteiger partial charge in [-0.15, -0.1) is 0 Å². The van der Waals surface area contributed by atoms with Crippen molar-refractivity contribution in [1.29, 1.82) is 0 Å². The van der Waals surface area contributed by atoms with E-state index in [1.807, 2.05) is 18.4 Å². The topological polar surface area (TPSA) is 37.1 Å². The van der Waals surface area contributed by atoms with Gasteiger partial charge in [-0.05, 0) is 0 Å². The maximum atomic E-state index is 4.42. The van der Waals surface area contributed by atoms with Crippen molar-refractivity contribution < 1.29 is 0 Å². The van der Waals surface area contributed by atoms with Gasteiger partial charge in [0.1, 0.15) is 0 Å². The Kier molecular flexibility index (Phi) is 2.49.